The van der Waals surface area contributed by atoms with Crippen molar-refractivity contribution in [3.8, 4) is 5.75 Å². The lowest BCUT2D eigenvalue weighted by atomic mass is 9.89. The first-order chi connectivity index (χ1) is 9.44. The molecule has 1 aromatic carbocycles. The standard InChI is InChI=1S/C13H13NO4S2/c14-20(16,17)18-11-7-12-10(5-6-13(15)19-12)8-3-1-2-4-9(8)11/h5-7H,1-4H2,(H2,14,16,17). The lowest BCUT2D eigenvalue weighted by Gasteiger charge is -2.20. The smallest absolute Gasteiger partial charge is 0.371 e. The molecule has 0 atom stereocenters. The van der Waals surface area contributed by atoms with Crippen LogP contribution in [0.5, 0.6) is 5.75 Å². The summed E-state index contributed by atoms with van der Waals surface area (Å²) < 4.78 is 27.9. The number of benzene rings is 1. The molecule has 3 rings (SSSR count). The fourth-order valence-electron chi connectivity index (χ4n) is 2.67. The first-order valence-electron chi connectivity index (χ1n) is 6.25. The number of hydrogen-bond acceptors (Lipinski definition) is 5. The van der Waals surface area contributed by atoms with Gasteiger partial charge in [-0.15, -0.1) is 0 Å². The minimum atomic E-state index is -4.06. The van der Waals surface area contributed by atoms with E-state index < -0.39 is 10.3 Å². The van der Waals surface area contributed by atoms with Crippen LogP contribution in [0.25, 0.3) is 10.1 Å². The SMILES string of the molecule is NS(=O)(=O)Oc1cc2sc(=O)ccc2c2c1CCCC2. The molecular weight excluding hydrogens is 298 g/mol. The fraction of sp³-hybridized carbons (Fsp3) is 0.308. The summed E-state index contributed by atoms with van der Waals surface area (Å²) in [6.45, 7) is 0. The first-order valence-corrected chi connectivity index (χ1v) is 8.54. The Kier molecular flexibility index (Phi) is 3.27. The summed E-state index contributed by atoms with van der Waals surface area (Å²) in [6, 6.07) is 4.96. The van der Waals surface area contributed by atoms with Gasteiger partial charge < -0.3 is 4.18 Å². The number of rotatable bonds is 2. The highest BCUT2D eigenvalue weighted by Gasteiger charge is 2.20. The lowest BCUT2D eigenvalue weighted by molar-refractivity contribution is 0.482. The van der Waals surface area contributed by atoms with E-state index in [4.69, 9.17) is 9.32 Å². The van der Waals surface area contributed by atoms with E-state index in [0.717, 1.165) is 58.2 Å². The summed E-state index contributed by atoms with van der Waals surface area (Å²) in [6.07, 6.45) is 3.66. The molecule has 0 saturated carbocycles. The summed E-state index contributed by atoms with van der Waals surface area (Å²) in [5.74, 6) is 0.261. The van der Waals surface area contributed by atoms with Gasteiger partial charge in [0.15, 0.2) is 0 Å². The molecule has 20 heavy (non-hydrogen) atoms. The van der Waals surface area contributed by atoms with Crippen LogP contribution in [0.15, 0.2) is 23.0 Å². The third-order valence-electron chi connectivity index (χ3n) is 3.42. The molecular formula is C13H13NO4S2. The Hall–Kier alpha value is -1.44. The van der Waals surface area contributed by atoms with Gasteiger partial charge >= 0.3 is 10.3 Å². The molecule has 0 unspecified atom stereocenters. The second kappa shape index (κ2) is 4.83. The quantitative estimate of drug-likeness (QED) is 0.915. The van der Waals surface area contributed by atoms with E-state index in [1.165, 1.54) is 0 Å². The molecule has 0 bridgehead atoms. The van der Waals surface area contributed by atoms with Crippen molar-refractivity contribution in [1.82, 2.24) is 0 Å². The van der Waals surface area contributed by atoms with E-state index in [-0.39, 0.29) is 10.5 Å². The van der Waals surface area contributed by atoms with Crippen LogP contribution in [0.1, 0.15) is 24.0 Å². The Bertz CT molecular complexity index is 839. The maximum absolute atomic E-state index is 11.5. The normalized spacial score (nSPS) is 15.1. The fourth-order valence-corrected chi connectivity index (χ4v) is 3.89. The number of hydrogen-bond donors (Lipinski definition) is 1. The largest absolute Gasteiger partial charge is 0.380 e. The van der Waals surface area contributed by atoms with Crippen LogP contribution in [-0.2, 0) is 23.1 Å². The van der Waals surface area contributed by atoms with E-state index in [9.17, 15) is 13.2 Å². The van der Waals surface area contributed by atoms with Gasteiger partial charge in [0.1, 0.15) is 5.75 Å². The average molecular weight is 311 g/mol. The molecule has 1 aromatic heterocycles. The Morgan fingerprint density at radius 3 is 2.55 bits per heavy atom. The minimum absolute atomic E-state index is 0.0742. The van der Waals surface area contributed by atoms with Crippen molar-refractivity contribution < 1.29 is 12.6 Å². The monoisotopic (exact) mass is 311 g/mol. The predicted octanol–water partition coefficient (Wildman–Crippen LogP) is 1.72. The zero-order valence-electron chi connectivity index (χ0n) is 10.6. The molecule has 0 saturated heterocycles. The molecule has 0 radical (unpaired) electrons. The van der Waals surface area contributed by atoms with Crippen LogP contribution in [0.3, 0.4) is 0 Å². The summed E-state index contributed by atoms with van der Waals surface area (Å²) >= 11 is 1.08. The number of fused-ring (bicyclic) bond motifs is 3. The van der Waals surface area contributed by atoms with Crippen molar-refractivity contribution in [3.05, 3.63) is 38.9 Å². The molecule has 1 aliphatic carbocycles. The van der Waals surface area contributed by atoms with Crippen molar-refractivity contribution >= 4 is 31.7 Å². The molecule has 0 spiro atoms. The van der Waals surface area contributed by atoms with Crippen molar-refractivity contribution in [3.63, 3.8) is 0 Å². The first kappa shape index (κ1) is 13.5. The van der Waals surface area contributed by atoms with Crippen molar-refractivity contribution in [2.24, 2.45) is 5.14 Å². The molecule has 5 nitrogen and oxygen atoms in total. The highest BCUT2D eigenvalue weighted by molar-refractivity contribution is 7.84. The van der Waals surface area contributed by atoms with Crippen LogP contribution in [0.4, 0.5) is 0 Å². The summed E-state index contributed by atoms with van der Waals surface area (Å²) in [5, 5.41) is 5.97. The highest BCUT2D eigenvalue weighted by atomic mass is 32.2. The molecule has 1 heterocycles. The lowest BCUT2D eigenvalue weighted by Crippen LogP contribution is -2.20. The van der Waals surface area contributed by atoms with Gasteiger partial charge in [-0.3, -0.25) is 4.79 Å². The Labute approximate surface area is 120 Å². The Balaban J connectivity index is 2.31. The molecule has 106 valence electrons. The van der Waals surface area contributed by atoms with Gasteiger partial charge in [0.25, 0.3) is 0 Å². The van der Waals surface area contributed by atoms with E-state index >= 15 is 0 Å². The Morgan fingerprint density at radius 1 is 1.15 bits per heavy atom. The van der Waals surface area contributed by atoms with Crippen molar-refractivity contribution in [2.45, 2.75) is 25.7 Å². The highest BCUT2D eigenvalue weighted by Crippen LogP contribution is 2.37. The van der Waals surface area contributed by atoms with E-state index in [1.54, 1.807) is 18.2 Å². The molecule has 0 amide bonds. The molecule has 1 aliphatic rings. The molecule has 0 fully saturated rings. The van der Waals surface area contributed by atoms with Crippen LogP contribution in [0.2, 0.25) is 0 Å². The maximum atomic E-state index is 11.5. The van der Waals surface area contributed by atoms with Crippen LogP contribution < -0.4 is 14.1 Å². The molecule has 0 aliphatic heterocycles. The zero-order valence-corrected chi connectivity index (χ0v) is 12.2. The predicted molar refractivity (Wildman–Crippen MR) is 78.5 cm³/mol. The molecule has 7 heteroatoms. The summed E-state index contributed by atoms with van der Waals surface area (Å²) in [5.41, 5.74) is 1.97. The van der Waals surface area contributed by atoms with Gasteiger partial charge in [0, 0.05) is 10.8 Å². The topological polar surface area (TPSA) is 86.5 Å². The second-order valence-corrected chi connectivity index (χ2v) is 6.98. The number of aryl methyl sites for hydroxylation is 1. The maximum Gasteiger partial charge on any atom is 0.380 e. The van der Waals surface area contributed by atoms with Gasteiger partial charge in [0.2, 0.25) is 4.74 Å². The van der Waals surface area contributed by atoms with Gasteiger partial charge in [-0.1, -0.05) is 11.3 Å². The second-order valence-electron chi connectivity index (χ2n) is 4.78. The number of nitrogens with two attached hydrogens (primary N) is 1. The van der Waals surface area contributed by atoms with Crippen LogP contribution in [-0.4, -0.2) is 8.42 Å². The van der Waals surface area contributed by atoms with Gasteiger partial charge in [-0.25, -0.2) is 0 Å². The van der Waals surface area contributed by atoms with E-state index in [1.807, 2.05) is 0 Å². The van der Waals surface area contributed by atoms with Gasteiger partial charge in [-0.2, -0.15) is 13.6 Å². The van der Waals surface area contributed by atoms with Crippen LogP contribution in [0, 0.1) is 0 Å². The summed E-state index contributed by atoms with van der Waals surface area (Å²) in [4.78, 5) is 11.5. The third kappa shape index (κ3) is 2.56. The minimum Gasteiger partial charge on any atom is -0.371 e. The van der Waals surface area contributed by atoms with Crippen LogP contribution >= 0.6 is 11.3 Å². The van der Waals surface area contributed by atoms with Gasteiger partial charge in [-0.05, 0) is 54.3 Å². The van der Waals surface area contributed by atoms with Gasteiger partial charge in [0.05, 0.1) is 0 Å². The van der Waals surface area contributed by atoms with E-state index in [0.29, 0.717) is 0 Å². The summed E-state index contributed by atoms with van der Waals surface area (Å²) in [7, 11) is -4.06. The Morgan fingerprint density at radius 2 is 1.85 bits per heavy atom. The van der Waals surface area contributed by atoms with Crippen molar-refractivity contribution in [2.75, 3.05) is 0 Å². The average Bonchev–Trinajstić information content (AvgIpc) is 2.36. The van der Waals surface area contributed by atoms with Crippen molar-refractivity contribution in [1.29, 1.82) is 0 Å². The molecule has 2 aromatic rings. The third-order valence-corrected chi connectivity index (χ3v) is 4.73. The molecule has 2 N–H and O–H groups in total. The van der Waals surface area contributed by atoms with E-state index in [2.05, 4.69) is 0 Å². The zero-order chi connectivity index (χ0) is 14.3.